The van der Waals surface area contributed by atoms with Crippen LogP contribution < -0.4 is 4.74 Å². The predicted octanol–water partition coefficient (Wildman–Crippen LogP) is 6.78. The van der Waals surface area contributed by atoms with Crippen molar-refractivity contribution in [3.8, 4) is 5.75 Å². The number of benzene rings is 3. The van der Waals surface area contributed by atoms with Gasteiger partial charge in [-0.25, -0.2) is 0 Å². The lowest BCUT2D eigenvalue weighted by molar-refractivity contribution is -0.193. The normalized spacial score (nSPS) is 12.7. The molecule has 0 fully saturated rings. The van der Waals surface area contributed by atoms with Crippen LogP contribution in [0.15, 0.2) is 91.0 Å². The maximum absolute atomic E-state index is 13.0. The van der Waals surface area contributed by atoms with Gasteiger partial charge in [0, 0.05) is 11.8 Å². The van der Waals surface area contributed by atoms with Gasteiger partial charge in [0.2, 0.25) is 6.29 Å². The molecule has 0 radical (unpaired) electrons. The van der Waals surface area contributed by atoms with E-state index in [-0.39, 0.29) is 5.97 Å². The number of carbonyl (C=O) groups is 1. The number of para-hydroxylation sites is 1. The summed E-state index contributed by atoms with van der Waals surface area (Å²) in [6, 6.07) is 30.2. The van der Waals surface area contributed by atoms with Crippen LogP contribution in [0.1, 0.15) is 51.7 Å². The zero-order chi connectivity index (χ0) is 24.4. The Hall–Kier alpha value is -3.11. The lowest BCUT2D eigenvalue weighted by Crippen LogP contribution is -2.37. The molecule has 0 N–H and O–H groups in total. The molecule has 3 rings (SSSR count). The highest BCUT2D eigenvalue weighted by atomic mass is 16.7. The smallest absolute Gasteiger partial charge is 0.313 e. The zero-order valence-corrected chi connectivity index (χ0v) is 20.7. The van der Waals surface area contributed by atoms with Gasteiger partial charge < -0.3 is 14.2 Å². The topological polar surface area (TPSA) is 44.8 Å². The van der Waals surface area contributed by atoms with Crippen LogP contribution in [0.3, 0.4) is 0 Å². The third kappa shape index (κ3) is 6.71. The summed E-state index contributed by atoms with van der Waals surface area (Å²) in [6.45, 7) is 8.63. The highest BCUT2D eigenvalue weighted by molar-refractivity contribution is 5.75. The van der Waals surface area contributed by atoms with Crippen molar-refractivity contribution in [3.63, 3.8) is 0 Å². The highest BCUT2D eigenvalue weighted by Gasteiger charge is 2.36. The summed E-state index contributed by atoms with van der Waals surface area (Å²) in [5.41, 5.74) is 1.28. The fraction of sp³-hybridized carbons (Fsp3) is 0.367. The van der Waals surface area contributed by atoms with E-state index in [1.165, 1.54) is 0 Å². The summed E-state index contributed by atoms with van der Waals surface area (Å²) in [5, 5.41) is 0. The zero-order valence-electron chi connectivity index (χ0n) is 20.7. The van der Waals surface area contributed by atoms with Gasteiger partial charge in [-0.1, -0.05) is 92.7 Å². The van der Waals surface area contributed by atoms with E-state index in [1.54, 1.807) is 0 Å². The van der Waals surface area contributed by atoms with E-state index in [4.69, 9.17) is 14.2 Å². The minimum absolute atomic E-state index is 0.257. The van der Waals surface area contributed by atoms with Crippen LogP contribution in [0.4, 0.5) is 0 Å². The van der Waals surface area contributed by atoms with E-state index in [0.29, 0.717) is 26.1 Å². The summed E-state index contributed by atoms with van der Waals surface area (Å²) in [5.74, 6) is 0.526. The molecule has 0 spiro atoms. The molecule has 0 saturated heterocycles. The van der Waals surface area contributed by atoms with Crippen LogP contribution in [-0.4, -0.2) is 25.5 Å². The Balaban J connectivity index is 1.81. The van der Waals surface area contributed by atoms with Gasteiger partial charge in [0.05, 0.1) is 12.0 Å². The van der Waals surface area contributed by atoms with Gasteiger partial charge in [-0.2, -0.15) is 0 Å². The molecule has 180 valence electrons. The second-order valence-electron chi connectivity index (χ2n) is 9.37. The number of hydrogen-bond acceptors (Lipinski definition) is 4. The van der Waals surface area contributed by atoms with Crippen LogP contribution in [-0.2, 0) is 19.7 Å². The van der Waals surface area contributed by atoms with E-state index >= 15 is 0 Å². The summed E-state index contributed by atoms with van der Waals surface area (Å²) in [7, 11) is 0. The molecule has 0 bridgehead atoms. The van der Waals surface area contributed by atoms with Crippen molar-refractivity contribution < 1.29 is 19.0 Å². The van der Waals surface area contributed by atoms with Crippen LogP contribution >= 0.6 is 0 Å². The molecule has 4 nitrogen and oxygen atoms in total. The second-order valence-corrected chi connectivity index (χ2v) is 9.37. The van der Waals surface area contributed by atoms with Crippen molar-refractivity contribution in [3.05, 3.63) is 102 Å². The Kier molecular flexibility index (Phi) is 8.89. The SMILES string of the molecule is CCC(C)(C)C(=O)OC(CC(C)(c1ccccc1)c1ccccc1)OCCOc1ccccc1. The van der Waals surface area contributed by atoms with E-state index < -0.39 is 17.1 Å². The van der Waals surface area contributed by atoms with Crippen LogP contribution in [0.25, 0.3) is 0 Å². The second kappa shape index (κ2) is 11.8. The van der Waals surface area contributed by atoms with Crippen molar-refractivity contribution in [2.45, 2.75) is 52.2 Å². The first-order chi connectivity index (χ1) is 16.3. The average Bonchev–Trinajstić information content (AvgIpc) is 2.88. The Morgan fingerprint density at radius 3 is 1.76 bits per heavy atom. The largest absolute Gasteiger partial charge is 0.491 e. The fourth-order valence-corrected chi connectivity index (χ4v) is 3.76. The first kappa shape index (κ1) is 25.5. The summed E-state index contributed by atoms with van der Waals surface area (Å²) >= 11 is 0. The molecule has 3 aromatic rings. The van der Waals surface area contributed by atoms with Gasteiger partial charge in [-0.3, -0.25) is 4.79 Å². The first-order valence-electron chi connectivity index (χ1n) is 12.0. The van der Waals surface area contributed by atoms with Crippen LogP contribution in [0, 0.1) is 5.41 Å². The standard InChI is InChI=1S/C30H36O4/c1-5-29(2,3)28(31)34-27(33-22-21-32-26-19-13-8-14-20-26)23-30(4,24-15-9-6-10-16-24)25-17-11-7-12-18-25/h6-20,27H,5,21-23H2,1-4H3. The quantitative estimate of drug-likeness (QED) is 0.170. The maximum atomic E-state index is 13.0. The third-order valence-electron chi connectivity index (χ3n) is 6.47. The van der Waals surface area contributed by atoms with Gasteiger partial charge in [-0.05, 0) is 43.5 Å². The molecule has 0 saturated carbocycles. The lowest BCUT2D eigenvalue weighted by Gasteiger charge is -2.35. The molecule has 0 aliphatic rings. The summed E-state index contributed by atoms with van der Waals surface area (Å²) < 4.78 is 17.9. The van der Waals surface area contributed by atoms with Crippen molar-refractivity contribution in [2.75, 3.05) is 13.2 Å². The first-order valence-corrected chi connectivity index (χ1v) is 12.0. The van der Waals surface area contributed by atoms with Crippen molar-refractivity contribution in [1.29, 1.82) is 0 Å². The van der Waals surface area contributed by atoms with Gasteiger partial charge in [-0.15, -0.1) is 0 Å². The Morgan fingerprint density at radius 2 is 1.26 bits per heavy atom. The molecular weight excluding hydrogens is 424 g/mol. The molecule has 1 atom stereocenters. The number of esters is 1. The monoisotopic (exact) mass is 460 g/mol. The lowest BCUT2D eigenvalue weighted by atomic mass is 9.73. The highest BCUT2D eigenvalue weighted by Crippen LogP contribution is 2.37. The Bertz CT molecular complexity index is 960. The number of carbonyl (C=O) groups excluding carboxylic acids is 1. The molecule has 34 heavy (non-hydrogen) atoms. The van der Waals surface area contributed by atoms with Gasteiger partial charge in [0.1, 0.15) is 12.4 Å². The minimum Gasteiger partial charge on any atom is -0.491 e. The van der Waals surface area contributed by atoms with Crippen molar-refractivity contribution in [2.24, 2.45) is 5.41 Å². The molecule has 4 heteroatoms. The number of hydrogen-bond donors (Lipinski definition) is 0. The Labute approximate surface area is 203 Å². The van der Waals surface area contributed by atoms with E-state index in [1.807, 2.05) is 87.5 Å². The molecule has 0 aliphatic carbocycles. The summed E-state index contributed by atoms with van der Waals surface area (Å²) in [4.78, 5) is 13.0. The molecular formula is C30H36O4. The van der Waals surface area contributed by atoms with Gasteiger partial charge in [0.25, 0.3) is 0 Å². The van der Waals surface area contributed by atoms with E-state index in [2.05, 4.69) is 31.2 Å². The fourth-order valence-electron chi connectivity index (χ4n) is 3.76. The Morgan fingerprint density at radius 1 is 0.765 bits per heavy atom. The van der Waals surface area contributed by atoms with E-state index in [0.717, 1.165) is 16.9 Å². The molecule has 3 aromatic carbocycles. The van der Waals surface area contributed by atoms with E-state index in [9.17, 15) is 4.79 Å². The molecule has 0 aromatic heterocycles. The average molecular weight is 461 g/mol. The minimum atomic E-state index is -0.719. The predicted molar refractivity (Wildman–Crippen MR) is 136 cm³/mol. The number of ether oxygens (including phenoxy) is 3. The maximum Gasteiger partial charge on any atom is 0.313 e. The van der Waals surface area contributed by atoms with Crippen molar-refractivity contribution in [1.82, 2.24) is 0 Å². The molecule has 0 heterocycles. The molecule has 0 amide bonds. The third-order valence-corrected chi connectivity index (χ3v) is 6.47. The van der Waals surface area contributed by atoms with Crippen molar-refractivity contribution >= 4 is 5.97 Å². The number of rotatable bonds is 12. The summed E-state index contributed by atoms with van der Waals surface area (Å²) in [6.07, 6.45) is 0.450. The molecule has 0 aliphatic heterocycles. The van der Waals surface area contributed by atoms with Gasteiger partial charge in [0.15, 0.2) is 0 Å². The van der Waals surface area contributed by atoms with Crippen LogP contribution in [0.2, 0.25) is 0 Å². The van der Waals surface area contributed by atoms with Crippen LogP contribution in [0.5, 0.6) is 5.75 Å². The molecule has 1 unspecified atom stereocenters. The van der Waals surface area contributed by atoms with Gasteiger partial charge >= 0.3 is 5.97 Å².